The first-order valence-corrected chi connectivity index (χ1v) is 7.14. The van der Waals surface area contributed by atoms with Gasteiger partial charge in [-0.2, -0.15) is 0 Å². The molecule has 0 amide bonds. The van der Waals surface area contributed by atoms with Gasteiger partial charge in [-0.05, 0) is 17.7 Å². The highest BCUT2D eigenvalue weighted by atomic mass is 16.6. The molecule has 0 spiro atoms. The van der Waals surface area contributed by atoms with E-state index in [0.717, 1.165) is 5.56 Å². The van der Waals surface area contributed by atoms with Crippen molar-refractivity contribution in [2.45, 2.75) is 13.5 Å². The molecule has 1 aromatic heterocycles. The van der Waals surface area contributed by atoms with Gasteiger partial charge in [0.25, 0.3) is 0 Å². The third-order valence-corrected chi connectivity index (χ3v) is 3.33. The molecule has 0 saturated heterocycles. The maximum absolute atomic E-state index is 12.3. The van der Waals surface area contributed by atoms with Crippen LogP contribution in [0, 0.1) is 0 Å². The zero-order valence-electron chi connectivity index (χ0n) is 12.6. The minimum Gasteiger partial charge on any atom is -0.444 e. The summed E-state index contributed by atoms with van der Waals surface area (Å²) in [4.78, 5) is 23.5. The van der Waals surface area contributed by atoms with Gasteiger partial charge in [0.05, 0.1) is 11.7 Å². The molecule has 0 aliphatic carbocycles. The largest absolute Gasteiger partial charge is 0.444 e. The number of ether oxygens (including phenoxy) is 2. The summed E-state index contributed by atoms with van der Waals surface area (Å²) in [7, 11) is 0. The van der Waals surface area contributed by atoms with Crippen LogP contribution in [0.4, 0.5) is 4.79 Å². The van der Waals surface area contributed by atoms with E-state index in [1.807, 2.05) is 36.4 Å². The number of aromatic nitrogens is 1. The molecule has 2 aromatic carbocycles. The number of para-hydroxylation sites is 1. The minimum atomic E-state index is -0.525. The maximum Gasteiger partial charge on any atom is 0.418 e. The second kappa shape index (κ2) is 6.36. The summed E-state index contributed by atoms with van der Waals surface area (Å²) in [6, 6.07) is 16.6. The molecule has 0 N–H and O–H groups in total. The Morgan fingerprint density at radius 3 is 2.43 bits per heavy atom. The molecule has 0 unspecified atom stereocenters. The summed E-state index contributed by atoms with van der Waals surface area (Å²) < 4.78 is 11.8. The molecule has 116 valence electrons. The third-order valence-electron chi connectivity index (χ3n) is 3.33. The average Bonchev–Trinajstić information content (AvgIpc) is 2.92. The highest BCUT2D eigenvalue weighted by molar-refractivity contribution is 5.95. The number of nitrogens with zero attached hydrogens (tertiary/aromatic N) is 1. The minimum absolute atomic E-state index is 0.176. The van der Waals surface area contributed by atoms with E-state index in [9.17, 15) is 9.59 Å². The highest BCUT2D eigenvalue weighted by Gasteiger charge is 2.16. The van der Waals surface area contributed by atoms with Crippen molar-refractivity contribution in [1.82, 2.24) is 4.57 Å². The van der Waals surface area contributed by atoms with Gasteiger partial charge in [-0.25, -0.2) is 9.36 Å². The summed E-state index contributed by atoms with van der Waals surface area (Å²) >= 11 is 0. The molecule has 0 aliphatic heterocycles. The summed E-state index contributed by atoms with van der Waals surface area (Å²) in [6.45, 7) is 1.49. The van der Waals surface area contributed by atoms with Crippen molar-refractivity contribution in [2.24, 2.45) is 0 Å². The van der Waals surface area contributed by atoms with Crippen LogP contribution in [0.15, 0.2) is 60.8 Å². The van der Waals surface area contributed by atoms with Gasteiger partial charge >= 0.3 is 12.1 Å². The van der Waals surface area contributed by atoms with Gasteiger partial charge in [0.1, 0.15) is 6.61 Å². The predicted molar refractivity (Wildman–Crippen MR) is 85.3 cm³/mol. The Bertz CT molecular complexity index is 852. The molecule has 3 rings (SSSR count). The third kappa shape index (κ3) is 3.23. The molecule has 23 heavy (non-hydrogen) atoms. The average molecular weight is 309 g/mol. The van der Waals surface area contributed by atoms with Gasteiger partial charge < -0.3 is 9.47 Å². The fraction of sp³-hybridized carbons (Fsp3) is 0.111. The van der Waals surface area contributed by atoms with E-state index in [-0.39, 0.29) is 6.61 Å². The van der Waals surface area contributed by atoms with E-state index in [2.05, 4.69) is 0 Å². The first-order valence-electron chi connectivity index (χ1n) is 7.14. The van der Waals surface area contributed by atoms with Crippen molar-refractivity contribution in [1.29, 1.82) is 0 Å². The predicted octanol–water partition coefficient (Wildman–Crippen LogP) is 3.75. The lowest BCUT2D eigenvalue weighted by molar-refractivity contribution is -0.131. The van der Waals surface area contributed by atoms with Crippen LogP contribution in [-0.4, -0.2) is 16.6 Å². The topological polar surface area (TPSA) is 57.5 Å². The standard InChI is InChI=1S/C18H15NO4/c1-13(20)23-17-11-19(16-10-6-5-9-15(16)17)18(21)22-12-14-7-3-2-4-8-14/h2-11H,12H2,1H3. The molecule has 0 fully saturated rings. The van der Waals surface area contributed by atoms with Crippen molar-refractivity contribution in [2.75, 3.05) is 0 Å². The lowest BCUT2D eigenvalue weighted by Crippen LogP contribution is -2.12. The smallest absolute Gasteiger partial charge is 0.418 e. The Morgan fingerprint density at radius 2 is 1.70 bits per heavy atom. The first-order chi connectivity index (χ1) is 11.1. The number of carbonyl (C=O) groups excluding carboxylic acids is 2. The molecular weight excluding hydrogens is 294 g/mol. The van der Waals surface area contributed by atoms with Gasteiger partial charge in [0, 0.05) is 12.3 Å². The van der Waals surface area contributed by atoms with E-state index in [1.165, 1.54) is 17.7 Å². The summed E-state index contributed by atoms with van der Waals surface area (Å²) in [5.41, 5.74) is 1.53. The molecule has 0 bridgehead atoms. The van der Waals surface area contributed by atoms with Gasteiger partial charge in [0.15, 0.2) is 5.75 Å². The maximum atomic E-state index is 12.3. The van der Waals surface area contributed by atoms with Crippen LogP contribution in [0.1, 0.15) is 12.5 Å². The van der Waals surface area contributed by atoms with Crippen molar-refractivity contribution in [3.05, 3.63) is 66.4 Å². The van der Waals surface area contributed by atoms with Gasteiger partial charge in [-0.1, -0.05) is 42.5 Å². The number of hydrogen-bond donors (Lipinski definition) is 0. The Morgan fingerprint density at radius 1 is 1.00 bits per heavy atom. The quantitative estimate of drug-likeness (QED) is 0.691. The fourth-order valence-corrected chi connectivity index (χ4v) is 2.32. The SMILES string of the molecule is CC(=O)Oc1cn(C(=O)OCc2ccccc2)c2ccccc12. The van der Waals surface area contributed by atoms with Crippen molar-refractivity contribution >= 4 is 23.0 Å². The molecule has 1 heterocycles. The molecule has 0 saturated carbocycles. The van der Waals surface area contributed by atoms with E-state index in [1.54, 1.807) is 18.2 Å². The van der Waals surface area contributed by atoms with Crippen molar-refractivity contribution in [3.8, 4) is 5.75 Å². The normalized spacial score (nSPS) is 10.5. The van der Waals surface area contributed by atoms with Crippen molar-refractivity contribution in [3.63, 3.8) is 0 Å². The molecule has 3 aromatic rings. The lowest BCUT2D eigenvalue weighted by atomic mass is 10.2. The lowest BCUT2D eigenvalue weighted by Gasteiger charge is -2.06. The van der Waals surface area contributed by atoms with Crippen LogP contribution in [-0.2, 0) is 16.1 Å². The Labute approximate surface area is 133 Å². The Balaban J connectivity index is 1.86. The number of hydrogen-bond acceptors (Lipinski definition) is 4. The number of rotatable bonds is 3. The van der Waals surface area contributed by atoms with Crippen LogP contribution < -0.4 is 4.74 Å². The van der Waals surface area contributed by atoms with Crippen LogP contribution in [0.25, 0.3) is 10.9 Å². The zero-order valence-corrected chi connectivity index (χ0v) is 12.6. The van der Waals surface area contributed by atoms with Crippen molar-refractivity contribution < 1.29 is 19.1 Å². The Kier molecular flexibility index (Phi) is 4.10. The van der Waals surface area contributed by atoms with Crippen LogP contribution in [0.3, 0.4) is 0 Å². The van der Waals surface area contributed by atoms with E-state index in [0.29, 0.717) is 16.7 Å². The molecule has 0 aliphatic rings. The molecular formula is C18H15NO4. The molecule has 0 radical (unpaired) electrons. The Hall–Kier alpha value is -3.08. The molecule has 5 heteroatoms. The van der Waals surface area contributed by atoms with Crippen LogP contribution in [0.5, 0.6) is 5.75 Å². The number of esters is 1. The fourth-order valence-electron chi connectivity index (χ4n) is 2.32. The number of fused-ring (bicyclic) bond motifs is 1. The van der Waals surface area contributed by atoms with Gasteiger partial charge in [0.2, 0.25) is 0 Å². The van der Waals surface area contributed by atoms with E-state index in [4.69, 9.17) is 9.47 Å². The van der Waals surface area contributed by atoms with E-state index >= 15 is 0 Å². The second-order valence-electron chi connectivity index (χ2n) is 5.01. The second-order valence-corrected chi connectivity index (χ2v) is 5.01. The summed E-state index contributed by atoms with van der Waals surface area (Å²) in [5.74, 6) is -0.102. The number of benzene rings is 2. The van der Waals surface area contributed by atoms with Gasteiger partial charge in [-0.15, -0.1) is 0 Å². The summed E-state index contributed by atoms with van der Waals surface area (Å²) in [6.07, 6.45) is 0.947. The number of carbonyl (C=O) groups is 2. The first kappa shape index (κ1) is 14.8. The van der Waals surface area contributed by atoms with Crippen LogP contribution >= 0.6 is 0 Å². The van der Waals surface area contributed by atoms with Gasteiger partial charge in [-0.3, -0.25) is 4.79 Å². The molecule has 0 atom stereocenters. The highest BCUT2D eigenvalue weighted by Crippen LogP contribution is 2.28. The van der Waals surface area contributed by atoms with E-state index < -0.39 is 12.1 Å². The van der Waals surface area contributed by atoms with Crippen LogP contribution in [0.2, 0.25) is 0 Å². The zero-order chi connectivity index (χ0) is 16.2. The molecule has 5 nitrogen and oxygen atoms in total. The monoisotopic (exact) mass is 309 g/mol. The summed E-state index contributed by atoms with van der Waals surface area (Å²) in [5, 5.41) is 0.680.